The normalized spacial score (nSPS) is 12.0. The van der Waals surface area contributed by atoms with Gasteiger partial charge >= 0.3 is 0 Å². The molecule has 0 rings (SSSR count). The van der Waals surface area contributed by atoms with Gasteiger partial charge in [-0.2, -0.15) is 24.4 Å². The summed E-state index contributed by atoms with van der Waals surface area (Å²) in [6.07, 6.45) is 0. The molecule has 0 bridgehead atoms. The van der Waals surface area contributed by atoms with Gasteiger partial charge in [0, 0.05) is 12.9 Å². The zero-order chi connectivity index (χ0) is 8.74. The third-order valence-electron chi connectivity index (χ3n) is 1.64. The molecule has 0 spiro atoms. The van der Waals surface area contributed by atoms with E-state index < -0.39 is 8.32 Å². The molecule has 4 heteroatoms. The van der Waals surface area contributed by atoms with Crippen LogP contribution in [0.4, 0.5) is 0 Å². The minimum absolute atomic E-state index is 0.986. The third kappa shape index (κ3) is 7.24. The molecule has 0 N–H and O–H groups in total. The molecule has 0 saturated carbocycles. The first-order chi connectivity index (χ1) is 5.12. The van der Waals surface area contributed by atoms with Crippen LogP contribution in [-0.2, 0) is 4.43 Å². The van der Waals surface area contributed by atoms with Crippen LogP contribution in [0.3, 0.4) is 0 Å². The maximum atomic E-state index is 5.42. The Labute approximate surface area is 80.8 Å². The van der Waals surface area contributed by atoms with E-state index in [1.54, 1.807) is 0 Å². The van der Waals surface area contributed by atoms with E-state index in [1.807, 2.05) is 18.9 Å². The largest absolute Gasteiger partial charge is 0.420 e. The van der Waals surface area contributed by atoms with Gasteiger partial charge in [0.15, 0.2) is 8.32 Å². The van der Waals surface area contributed by atoms with Crippen LogP contribution in [0, 0.1) is 0 Å². The van der Waals surface area contributed by atoms with Crippen molar-refractivity contribution in [3.8, 4) is 0 Å². The molecule has 0 unspecified atom stereocenters. The molecular formula is C7H18OS2Si. The summed E-state index contributed by atoms with van der Waals surface area (Å²) >= 11 is 6.12. The SMILES string of the molecule is CO[Si](C)(C)CCSCCS. The number of hydrogen-bond acceptors (Lipinski definition) is 3. The Bertz CT molecular complexity index is 98.4. The van der Waals surface area contributed by atoms with Crippen LogP contribution >= 0.6 is 24.4 Å². The second-order valence-electron chi connectivity index (χ2n) is 3.05. The van der Waals surface area contributed by atoms with Crippen molar-refractivity contribution in [3.05, 3.63) is 0 Å². The zero-order valence-electron chi connectivity index (χ0n) is 7.59. The molecule has 0 fully saturated rings. The van der Waals surface area contributed by atoms with Crippen LogP contribution < -0.4 is 0 Å². The van der Waals surface area contributed by atoms with E-state index in [0.29, 0.717) is 0 Å². The fourth-order valence-electron chi connectivity index (χ4n) is 0.587. The Kier molecular flexibility index (Phi) is 6.91. The molecule has 0 heterocycles. The fourth-order valence-corrected chi connectivity index (χ4v) is 4.05. The maximum absolute atomic E-state index is 5.42. The number of rotatable bonds is 6. The van der Waals surface area contributed by atoms with Crippen molar-refractivity contribution < 1.29 is 4.43 Å². The summed E-state index contributed by atoms with van der Waals surface area (Å²) in [5.74, 6) is 3.38. The molecule has 0 aromatic carbocycles. The van der Waals surface area contributed by atoms with Crippen molar-refractivity contribution in [2.45, 2.75) is 19.1 Å². The summed E-state index contributed by atoms with van der Waals surface area (Å²) in [7, 11) is 0.556. The summed E-state index contributed by atoms with van der Waals surface area (Å²) < 4.78 is 5.42. The summed E-state index contributed by atoms with van der Waals surface area (Å²) in [4.78, 5) is 0. The zero-order valence-corrected chi connectivity index (χ0v) is 10.3. The first-order valence-corrected chi connectivity index (χ1v) is 8.76. The number of thiol groups is 1. The molecule has 0 atom stereocenters. The quantitative estimate of drug-likeness (QED) is 0.410. The molecule has 1 nitrogen and oxygen atoms in total. The number of thioether (sulfide) groups is 1. The molecule has 0 aromatic heterocycles. The van der Waals surface area contributed by atoms with E-state index in [2.05, 4.69) is 25.7 Å². The molecule has 0 amide bonds. The van der Waals surface area contributed by atoms with Crippen molar-refractivity contribution in [2.24, 2.45) is 0 Å². The van der Waals surface area contributed by atoms with E-state index in [-0.39, 0.29) is 0 Å². The summed E-state index contributed by atoms with van der Waals surface area (Å²) in [5.41, 5.74) is 0. The Hall–Kier alpha value is 0.877. The minimum Gasteiger partial charge on any atom is -0.420 e. The van der Waals surface area contributed by atoms with Gasteiger partial charge in [0.1, 0.15) is 0 Å². The summed E-state index contributed by atoms with van der Waals surface area (Å²) in [6, 6.07) is 1.25. The van der Waals surface area contributed by atoms with E-state index >= 15 is 0 Å². The van der Waals surface area contributed by atoms with Crippen molar-refractivity contribution >= 4 is 32.7 Å². The van der Waals surface area contributed by atoms with Crippen molar-refractivity contribution in [1.29, 1.82) is 0 Å². The van der Waals surface area contributed by atoms with Crippen LogP contribution in [0.15, 0.2) is 0 Å². The van der Waals surface area contributed by atoms with Crippen LogP contribution in [0.1, 0.15) is 0 Å². The molecule has 0 aromatic rings. The molecule has 0 saturated heterocycles. The predicted molar refractivity (Wildman–Crippen MR) is 60.5 cm³/mol. The Morgan fingerprint density at radius 1 is 1.36 bits per heavy atom. The van der Waals surface area contributed by atoms with Gasteiger partial charge < -0.3 is 4.43 Å². The average Bonchev–Trinajstić information content (AvgIpc) is 1.99. The van der Waals surface area contributed by atoms with Crippen LogP contribution in [-0.4, -0.2) is 32.7 Å². The van der Waals surface area contributed by atoms with Gasteiger partial charge in [-0.05, 0) is 30.6 Å². The topological polar surface area (TPSA) is 9.23 Å². The van der Waals surface area contributed by atoms with Crippen molar-refractivity contribution in [3.63, 3.8) is 0 Å². The highest BCUT2D eigenvalue weighted by molar-refractivity contribution is 8.00. The lowest BCUT2D eigenvalue weighted by molar-refractivity contribution is 0.405. The summed E-state index contributed by atoms with van der Waals surface area (Å²) in [5, 5.41) is 0. The lowest BCUT2D eigenvalue weighted by Gasteiger charge is -2.18. The standard InChI is InChI=1S/C7H18OS2Si/c1-8-11(2,3)7-6-10-5-4-9/h9H,4-7H2,1-3H3. The second kappa shape index (κ2) is 6.40. The molecule has 11 heavy (non-hydrogen) atoms. The van der Waals surface area contributed by atoms with E-state index in [4.69, 9.17) is 4.43 Å². The van der Waals surface area contributed by atoms with Crippen LogP contribution in [0.2, 0.25) is 19.1 Å². The van der Waals surface area contributed by atoms with Crippen LogP contribution in [0.25, 0.3) is 0 Å². The Morgan fingerprint density at radius 3 is 2.45 bits per heavy atom. The van der Waals surface area contributed by atoms with Gasteiger partial charge in [-0.3, -0.25) is 0 Å². The summed E-state index contributed by atoms with van der Waals surface area (Å²) in [6.45, 7) is 4.52. The van der Waals surface area contributed by atoms with Crippen LogP contribution in [0.5, 0.6) is 0 Å². The monoisotopic (exact) mass is 210 g/mol. The highest BCUT2D eigenvalue weighted by Gasteiger charge is 2.19. The second-order valence-corrected chi connectivity index (χ2v) is 9.15. The Balaban J connectivity index is 3.23. The molecular weight excluding hydrogens is 192 g/mol. The lowest BCUT2D eigenvalue weighted by Crippen LogP contribution is -2.28. The molecule has 68 valence electrons. The first-order valence-electron chi connectivity index (χ1n) is 3.86. The Morgan fingerprint density at radius 2 is 2.00 bits per heavy atom. The van der Waals surface area contributed by atoms with Crippen molar-refractivity contribution in [1.82, 2.24) is 0 Å². The first kappa shape index (κ1) is 11.9. The van der Waals surface area contributed by atoms with E-state index in [0.717, 1.165) is 11.5 Å². The van der Waals surface area contributed by atoms with E-state index in [9.17, 15) is 0 Å². The minimum atomic E-state index is -1.27. The number of hydrogen-bond donors (Lipinski definition) is 1. The van der Waals surface area contributed by atoms with Crippen molar-refractivity contribution in [2.75, 3.05) is 24.4 Å². The fraction of sp³-hybridized carbons (Fsp3) is 1.00. The predicted octanol–water partition coefficient (Wildman–Crippen LogP) is 2.50. The van der Waals surface area contributed by atoms with Gasteiger partial charge in [0.25, 0.3) is 0 Å². The smallest absolute Gasteiger partial charge is 0.187 e. The van der Waals surface area contributed by atoms with Gasteiger partial charge in [0.05, 0.1) is 0 Å². The third-order valence-corrected chi connectivity index (χ3v) is 6.07. The lowest BCUT2D eigenvalue weighted by atomic mass is 10.9. The molecule has 0 aliphatic carbocycles. The van der Waals surface area contributed by atoms with Gasteiger partial charge in [-0.25, -0.2) is 0 Å². The highest BCUT2D eigenvalue weighted by Crippen LogP contribution is 2.14. The molecule has 0 aliphatic rings. The average molecular weight is 210 g/mol. The van der Waals surface area contributed by atoms with E-state index in [1.165, 1.54) is 11.8 Å². The maximum Gasteiger partial charge on any atom is 0.187 e. The highest BCUT2D eigenvalue weighted by atomic mass is 32.2. The van der Waals surface area contributed by atoms with Gasteiger partial charge in [0.2, 0.25) is 0 Å². The van der Waals surface area contributed by atoms with Gasteiger partial charge in [-0.15, -0.1) is 0 Å². The molecule has 0 radical (unpaired) electrons. The van der Waals surface area contributed by atoms with Gasteiger partial charge in [-0.1, -0.05) is 0 Å². The molecule has 0 aliphatic heterocycles.